The average Bonchev–Trinajstić information content (AvgIpc) is 2.46. The van der Waals surface area contributed by atoms with Gasteiger partial charge in [-0.25, -0.2) is 0 Å². The standard InChI is InChI=1S/C16H16O2/c1-12(11-17)14-8-5-9-15(10-14)16(18)13-6-3-2-4-7-13/h2-10,12,17H,11H2,1H3. The molecule has 0 spiro atoms. The molecule has 0 saturated heterocycles. The van der Waals surface area contributed by atoms with Crippen molar-refractivity contribution in [2.75, 3.05) is 6.61 Å². The zero-order valence-corrected chi connectivity index (χ0v) is 10.3. The molecule has 1 unspecified atom stereocenters. The molecule has 0 aromatic heterocycles. The molecule has 0 saturated carbocycles. The number of carbonyl (C=O) groups excluding carboxylic acids is 1. The van der Waals surface area contributed by atoms with Crippen LogP contribution in [0.15, 0.2) is 54.6 Å². The van der Waals surface area contributed by atoms with Crippen LogP contribution in [0, 0.1) is 0 Å². The van der Waals surface area contributed by atoms with E-state index in [2.05, 4.69) is 0 Å². The summed E-state index contributed by atoms with van der Waals surface area (Å²) in [7, 11) is 0. The van der Waals surface area contributed by atoms with Gasteiger partial charge in [-0.3, -0.25) is 4.79 Å². The highest BCUT2D eigenvalue weighted by Crippen LogP contribution is 2.18. The van der Waals surface area contributed by atoms with E-state index in [1.807, 2.05) is 61.5 Å². The van der Waals surface area contributed by atoms with Crippen LogP contribution in [0.3, 0.4) is 0 Å². The first-order valence-corrected chi connectivity index (χ1v) is 6.03. The normalized spacial score (nSPS) is 12.1. The largest absolute Gasteiger partial charge is 0.396 e. The number of benzene rings is 2. The van der Waals surface area contributed by atoms with Crippen LogP contribution in [0.1, 0.15) is 34.3 Å². The molecule has 2 nitrogen and oxygen atoms in total. The molecule has 0 radical (unpaired) electrons. The molecule has 2 aromatic rings. The molecular formula is C16H16O2. The third kappa shape index (κ3) is 2.66. The molecule has 2 rings (SSSR count). The predicted octanol–water partition coefficient (Wildman–Crippen LogP) is 3.01. The molecule has 1 atom stereocenters. The number of aliphatic hydroxyl groups excluding tert-OH is 1. The molecule has 0 heterocycles. The van der Waals surface area contributed by atoms with Crippen molar-refractivity contribution in [1.29, 1.82) is 0 Å². The third-order valence-corrected chi connectivity index (χ3v) is 3.03. The second kappa shape index (κ2) is 5.61. The summed E-state index contributed by atoms with van der Waals surface area (Å²) in [5.41, 5.74) is 2.34. The van der Waals surface area contributed by atoms with Crippen molar-refractivity contribution in [3.8, 4) is 0 Å². The van der Waals surface area contributed by atoms with Gasteiger partial charge in [0.25, 0.3) is 0 Å². The summed E-state index contributed by atoms with van der Waals surface area (Å²) in [5.74, 6) is 0.0658. The fourth-order valence-corrected chi connectivity index (χ4v) is 1.85. The lowest BCUT2D eigenvalue weighted by atomic mass is 9.96. The maximum absolute atomic E-state index is 12.2. The Labute approximate surface area is 107 Å². The van der Waals surface area contributed by atoms with E-state index in [0.29, 0.717) is 11.1 Å². The maximum Gasteiger partial charge on any atom is 0.193 e. The predicted molar refractivity (Wildman–Crippen MR) is 71.8 cm³/mol. The molecule has 1 N–H and O–H groups in total. The average molecular weight is 240 g/mol. The number of aliphatic hydroxyl groups is 1. The SMILES string of the molecule is CC(CO)c1cccc(C(=O)c2ccccc2)c1. The minimum absolute atomic E-state index is 0.0163. The van der Waals surface area contributed by atoms with E-state index in [9.17, 15) is 4.79 Å². The topological polar surface area (TPSA) is 37.3 Å². The molecule has 0 aliphatic heterocycles. The monoisotopic (exact) mass is 240 g/mol. The molecule has 18 heavy (non-hydrogen) atoms. The summed E-state index contributed by atoms with van der Waals surface area (Å²) in [4.78, 5) is 12.2. The summed E-state index contributed by atoms with van der Waals surface area (Å²) in [6.07, 6.45) is 0. The van der Waals surface area contributed by atoms with Crippen LogP contribution in [-0.2, 0) is 0 Å². The van der Waals surface area contributed by atoms with Gasteiger partial charge in [0, 0.05) is 23.7 Å². The molecule has 0 bridgehead atoms. The summed E-state index contributed by atoms with van der Waals surface area (Å²) in [6.45, 7) is 2.02. The highest BCUT2D eigenvalue weighted by Gasteiger charge is 2.11. The highest BCUT2D eigenvalue weighted by atomic mass is 16.3. The Bertz CT molecular complexity index is 532. The van der Waals surface area contributed by atoms with Gasteiger partial charge in [0.2, 0.25) is 0 Å². The van der Waals surface area contributed by atoms with Gasteiger partial charge in [-0.05, 0) is 11.6 Å². The van der Waals surface area contributed by atoms with E-state index >= 15 is 0 Å². The fraction of sp³-hybridized carbons (Fsp3) is 0.188. The highest BCUT2D eigenvalue weighted by molar-refractivity contribution is 6.09. The Morgan fingerprint density at radius 1 is 1.06 bits per heavy atom. The quantitative estimate of drug-likeness (QED) is 0.834. The zero-order chi connectivity index (χ0) is 13.0. The van der Waals surface area contributed by atoms with Gasteiger partial charge in [-0.15, -0.1) is 0 Å². The van der Waals surface area contributed by atoms with E-state index in [0.717, 1.165) is 5.56 Å². The van der Waals surface area contributed by atoms with Gasteiger partial charge in [0.15, 0.2) is 5.78 Å². The van der Waals surface area contributed by atoms with Gasteiger partial charge in [-0.2, -0.15) is 0 Å². The van der Waals surface area contributed by atoms with Crippen LogP contribution in [0.25, 0.3) is 0 Å². The number of hydrogen-bond acceptors (Lipinski definition) is 2. The Morgan fingerprint density at radius 2 is 1.72 bits per heavy atom. The van der Waals surface area contributed by atoms with Gasteiger partial charge in [0.1, 0.15) is 0 Å². The van der Waals surface area contributed by atoms with Gasteiger partial charge < -0.3 is 5.11 Å². The minimum Gasteiger partial charge on any atom is -0.396 e. The molecule has 0 aliphatic rings. The van der Waals surface area contributed by atoms with E-state index in [-0.39, 0.29) is 18.3 Å². The van der Waals surface area contributed by atoms with Crippen molar-refractivity contribution in [1.82, 2.24) is 0 Å². The molecule has 2 heteroatoms. The van der Waals surface area contributed by atoms with Crippen molar-refractivity contribution >= 4 is 5.78 Å². The van der Waals surface area contributed by atoms with E-state index < -0.39 is 0 Å². The number of carbonyl (C=O) groups is 1. The molecule has 0 fully saturated rings. The first-order chi connectivity index (χ1) is 8.72. The first-order valence-electron chi connectivity index (χ1n) is 6.03. The van der Waals surface area contributed by atoms with Crippen LogP contribution < -0.4 is 0 Å². The second-order valence-electron chi connectivity index (χ2n) is 4.40. The Kier molecular flexibility index (Phi) is 3.90. The molecule has 0 amide bonds. The van der Waals surface area contributed by atoms with Crippen molar-refractivity contribution in [2.45, 2.75) is 12.8 Å². The van der Waals surface area contributed by atoms with Crippen molar-refractivity contribution < 1.29 is 9.90 Å². The van der Waals surface area contributed by atoms with Crippen LogP contribution in [0.5, 0.6) is 0 Å². The lowest BCUT2D eigenvalue weighted by Gasteiger charge is -2.09. The molecular weight excluding hydrogens is 224 g/mol. The van der Waals surface area contributed by atoms with Crippen molar-refractivity contribution in [3.63, 3.8) is 0 Å². The minimum atomic E-state index is 0.0163. The smallest absolute Gasteiger partial charge is 0.193 e. The lowest BCUT2D eigenvalue weighted by molar-refractivity contribution is 0.103. The second-order valence-corrected chi connectivity index (χ2v) is 4.40. The van der Waals surface area contributed by atoms with Crippen molar-refractivity contribution in [2.24, 2.45) is 0 Å². The molecule has 2 aromatic carbocycles. The summed E-state index contributed by atoms with van der Waals surface area (Å²) >= 11 is 0. The van der Waals surface area contributed by atoms with Crippen molar-refractivity contribution in [3.05, 3.63) is 71.3 Å². The summed E-state index contributed by atoms with van der Waals surface area (Å²) in [6, 6.07) is 16.7. The van der Waals surface area contributed by atoms with E-state index in [4.69, 9.17) is 5.11 Å². The maximum atomic E-state index is 12.2. The number of ketones is 1. The Morgan fingerprint density at radius 3 is 2.39 bits per heavy atom. The zero-order valence-electron chi connectivity index (χ0n) is 10.3. The Hall–Kier alpha value is -1.93. The van der Waals surface area contributed by atoms with Gasteiger partial charge in [0.05, 0.1) is 0 Å². The van der Waals surface area contributed by atoms with Gasteiger partial charge >= 0.3 is 0 Å². The summed E-state index contributed by atoms with van der Waals surface area (Å²) < 4.78 is 0. The van der Waals surface area contributed by atoms with Gasteiger partial charge in [-0.1, -0.05) is 55.5 Å². The van der Waals surface area contributed by atoms with Crippen LogP contribution in [0.2, 0.25) is 0 Å². The van der Waals surface area contributed by atoms with Crippen LogP contribution >= 0.6 is 0 Å². The third-order valence-electron chi connectivity index (χ3n) is 3.03. The Balaban J connectivity index is 2.32. The number of rotatable bonds is 4. The molecule has 92 valence electrons. The lowest BCUT2D eigenvalue weighted by Crippen LogP contribution is -2.04. The van der Waals surface area contributed by atoms with E-state index in [1.54, 1.807) is 0 Å². The first kappa shape index (κ1) is 12.5. The van der Waals surface area contributed by atoms with Crippen LogP contribution in [0.4, 0.5) is 0 Å². The fourth-order valence-electron chi connectivity index (χ4n) is 1.85. The summed E-state index contributed by atoms with van der Waals surface area (Å²) in [5, 5.41) is 9.15. The van der Waals surface area contributed by atoms with Crippen LogP contribution in [-0.4, -0.2) is 17.5 Å². The van der Waals surface area contributed by atoms with E-state index in [1.165, 1.54) is 0 Å². The molecule has 0 aliphatic carbocycles. The number of hydrogen-bond donors (Lipinski definition) is 1.